The zero-order chi connectivity index (χ0) is 24.6. The molecule has 176 valence electrons. The van der Waals surface area contributed by atoms with Crippen LogP contribution in [0.25, 0.3) is 21.2 Å². The number of carbonyl (C=O) groups is 1. The molecule has 1 aromatic heterocycles. The number of nitrogens with two attached hydrogens (primary N) is 1. The van der Waals surface area contributed by atoms with Crippen molar-refractivity contribution in [3.63, 3.8) is 0 Å². The SMILES string of the molecule is COc1ccc(-c2cc(CN)ccc2F)cc1C(=O)Nc1c(C)sc2cc(C(F)(F)F)ccc12. The van der Waals surface area contributed by atoms with E-state index < -0.39 is 23.5 Å². The number of benzene rings is 3. The number of anilines is 1. The summed E-state index contributed by atoms with van der Waals surface area (Å²) in [5.41, 5.74) is 6.97. The molecule has 0 radical (unpaired) electrons. The molecule has 0 bridgehead atoms. The third-order valence-electron chi connectivity index (χ3n) is 5.45. The number of fused-ring (bicyclic) bond motifs is 1. The van der Waals surface area contributed by atoms with Crippen molar-refractivity contribution in [2.75, 3.05) is 12.4 Å². The highest BCUT2D eigenvalue weighted by molar-refractivity contribution is 7.19. The highest BCUT2D eigenvalue weighted by Gasteiger charge is 2.31. The number of halogens is 4. The minimum atomic E-state index is -4.46. The van der Waals surface area contributed by atoms with Gasteiger partial charge in [-0.25, -0.2) is 4.39 Å². The lowest BCUT2D eigenvalue weighted by Crippen LogP contribution is -2.14. The van der Waals surface area contributed by atoms with Gasteiger partial charge in [0, 0.05) is 27.1 Å². The Morgan fingerprint density at radius 2 is 1.85 bits per heavy atom. The van der Waals surface area contributed by atoms with E-state index in [0.29, 0.717) is 26.2 Å². The average Bonchev–Trinajstić information content (AvgIpc) is 3.12. The quantitative estimate of drug-likeness (QED) is 0.305. The van der Waals surface area contributed by atoms with Gasteiger partial charge in [-0.05, 0) is 54.4 Å². The Kier molecular flexibility index (Phi) is 6.33. The molecule has 4 aromatic rings. The Morgan fingerprint density at radius 1 is 1.09 bits per heavy atom. The zero-order valence-electron chi connectivity index (χ0n) is 18.2. The van der Waals surface area contributed by atoms with E-state index >= 15 is 0 Å². The van der Waals surface area contributed by atoms with Gasteiger partial charge in [0.15, 0.2) is 0 Å². The summed E-state index contributed by atoms with van der Waals surface area (Å²) in [6, 6.07) is 12.6. The van der Waals surface area contributed by atoms with Crippen molar-refractivity contribution in [1.29, 1.82) is 0 Å². The van der Waals surface area contributed by atoms with Crippen molar-refractivity contribution < 1.29 is 27.1 Å². The number of hydrogen-bond acceptors (Lipinski definition) is 4. The van der Waals surface area contributed by atoms with Crippen LogP contribution >= 0.6 is 11.3 Å². The summed E-state index contributed by atoms with van der Waals surface area (Å²) in [5, 5.41) is 3.30. The van der Waals surface area contributed by atoms with Crippen LogP contribution in [0.5, 0.6) is 5.75 Å². The molecular formula is C25H20F4N2O2S. The van der Waals surface area contributed by atoms with Crippen LogP contribution in [0.3, 0.4) is 0 Å². The number of nitrogens with one attached hydrogen (secondary N) is 1. The highest BCUT2D eigenvalue weighted by atomic mass is 32.1. The lowest BCUT2D eigenvalue weighted by Gasteiger charge is -2.13. The molecule has 0 aliphatic carbocycles. The standard InChI is InChI=1S/C25H20F4N2O2S/c1-13-23(17-6-5-16(25(27,28)29)11-22(17)34-13)31-24(32)19-10-15(4-8-21(19)33-2)18-9-14(12-30)3-7-20(18)26/h3-11H,12,30H2,1-2H3,(H,31,32). The van der Waals surface area contributed by atoms with Gasteiger partial charge in [-0.1, -0.05) is 18.2 Å². The van der Waals surface area contributed by atoms with Crippen LogP contribution in [0.4, 0.5) is 23.2 Å². The van der Waals surface area contributed by atoms with Crippen molar-refractivity contribution in [2.24, 2.45) is 5.73 Å². The molecule has 1 heterocycles. The summed E-state index contributed by atoms with van der Waals surface area (Å²) >= 11 is 1.15. The summed E-state index contributed by atoms with van der Waals surface area (Å²) in [6.45, 7) is 1.95. The molecule has 34 heavy (non-hydrogen) atoms. The summed E-state index contributed by atoms with van der Waals surface area (Å²) < 4.78 is 59.5. The fourth-order valence-electron chi connectivity index (χ4n) is 3.71. The van der Waals surface area contributed by atoms with Gasteiger partial charge >= 0.3 is 6.18 Å². The second-order valence-electron chi connectivity index (χ2n) is 7.63. The molecule has 0 aliphatic rings. The first-order chi connectivity index (χ1) is 16.1. The number of alkyl halides is 3. The molecule has 0 saturated heterocycles. The summed E-state index contributed by atoms with van der Waals surface area (Å²) in [7, 11) is 1.41. The van der Waals surface area contributed by atoms with Crippen LogP contribution in [-0.2, 0) is 12.7 Å². The first-order valence-corrected chi connectivity index (χ1v) is 11.0. The van der Waals surface area contributed by atoms with Gasteiger partial charge in [0.2, 0.25) is 0 Å². The maximum absolute atomic E-state index is 14.5. The molecule has 9 heteroatoms. The van der Waals surface area contributed by atoms with Gasteiger partial charge in [-0.2, -0.15) is 13.2 Å². The van der Waals surface area contributed by atoms with Crippen molar-refractivity contribution in [1.82, 2.24) is 0 Å². The number of rotatable bonds is 5. The summed E-state index contributed by atoms with van der Waals surface area (Å²) in [4.78, 5) is 13.9. The monoisotopic (exact) mass is 488 g/mol. The number of methoxy groups -OCH3 is 1. The second-order valence-corrected chi connectivity index (χ2v) is 8.89. The predicted octanol–water partition coefficient (Wildman–Crippen LogP) is 6.75. The molecule has 3 N–H and O–H groups in total. The average molecular weight is 489 g/mol. The maximum atomic E-state index is 14.5. The molecule has 0 saturated carbocycles. The molecule has 3 aromatic carbocycles. The van der Waals surface area contributed by atoms with Crippen molar-refractivity contribution >= 4 is 33.0 Å². The minimum absolute atomic E-state index is 0.156. The zero-order valence-corrected chi connectivity index (χ0v) is 19.0. The van der Waals surface area contributed by atoms with Gasteiger partial charge in [-0.3, -0.25) is 4.79 Å². The third-order valence-corrected chi connectivity index (χ3v) is 6.52. The van der Waals surface area contributed by atoms with Crippen molar-refractivity contribution in [3.8, 4) is 16.9 Å². The van der Waals surface area contributed by atoms with Crippen LogP contribution in [0, 0.1) is 12.7 Å². The van der Waals surface area contributed by atoms with E-state index in [0.717, 1.165) is 29.0 Å². The highest BCUT2D eigenvalue weighted by Crippen LogP contribution is 2.40. The lowest BCUT2D eigenvalue weighted by atomic mass is 9.99. The topological polar surface area (TPSA) is 64.3 Å². The smallest absolute Gasteiger partial charge is 0.416 e. The van der Waals surface area contributed by atoms with Gasteiger partial charge in [0.1, 0.15) is 11.6 Å². The van der Waals surface area contributed by atoms with E-state index in [1.165, 1.54) is 25.3 Å². The first-order valence-electron chi connectivity index (χ1n) is 10.2. The normalized spacial score (nSPS) is 11.6. The summed E-state index contributed by atoms with van der Waals surface area (Å²) in [6.07, 6.45) is -4.46. The second kappa shape index (κ2) is 9.08. The largest absolute Gasteiger partial charge is 0.496 e. The Balaban J connectivity index is 1.73. The van der Waals surface area contributed by atoms with Crippen LogP contribution < -0.4 is 15.8 Å². The lowest BCUT2D eigenvalue weighted by molar-refractivity contribution is -0.137. The fourth-order valence-corrected chi connectivity index (χ4v) is 4.76. The molecule has 4 nitrogen and oxygen atoms in total. The number of thiophene rings is 1. The van der Waals surface area contributed by atoms with Gasteiger partial charge < -0.3 is 15.8 Å². The van der Waals surface area contributed by atoms with Gasteiger partial charge in [0.05, 0.1) is 23.9 Å². The number of amides is 1. The molecule has 0 aliphatic heterocycles. The molecular weight excluding hydrogens is 468 g/mol. The van der Waals surface area contributed by atoms with Gasteiger partial charge in [0.25, 0.3) is 5.91 Å². The number of hydrogen-bond donors (Lipinski definition) is 2. The Hall–Kier alpha value is -3.43. The molecule has 0 atom stereocenters. The van der Waals surface area contributed by atoms with E-state index in [-0.39, 0.29) is 23.4 Å². The van der Waals surface area contributed by atoms with Crippen molar-refractivity contribution in [3.05, 3.63) is 82.0 Å². The van der Waals surface area contributed by atoms with E-state index in [1.807, 2.05) is 0 Å². The number of aryl methyl sites for hydroxylation is 1. The molecule has 1 amide bonds. The van der Waals surface area contributed by atoms with Crippen LogP contribution in [0.2, 0.25) is 0 Å². The number of carbonyl (C=O) groups excluding carboxylic acids is 1. The molecule has 0 spiro atoms. The fraction of sp³-hybridized carbons (Fsp3) is 0.160. The first kappa shape index (κ1) is 23.7. The van der Waals surface area contributed by atoms with Crippen LogP contribution in [0.15, 0.2) is 54.6 Å². The van der Waals surface area contributed by atoms with Crippen LogP contribution in [0.1, 0.15) is 26.4 Å². The minimum Gasteiger partial charge on any atom is -0.496 e. The van der Waals surface area contributed by atoms with E-state index in [2.05, 4.69) is 5.32 Å². The Bertz CT molecular complexity index is 1400. The van der Waals surface area contributed by atoms with E-state index in [4.69, 9.17) is 10.5 Å². The molecule has 0 unspecified atom stereocenters. The molecule has 4 rings (SSSR count). The van der Waals surface area contributed by atoms with Gasteiger partial charge in [-0.15, -0.1) is 11.3 Å². The maximum Gasteiger partial charge on any atom is 0.416 e. The Morgan fingerprint density at radius 3 is 2.53 bits per heavy atom. The predicted molar refractivity (Wildman–Crippen MR) is 126 cm³/mol. The van der Waals surface area contributed by atoms with E-state index in [1.54, 1.807) is 31.2 Å². The van der Waals surface area contributed by atoms with Crippen LogP contribution in [-0.4, -0.2) is 13.0 Å². The number of ether oxygens (including phenoxy) is 1. The Labute approximate surface area is 197 Å². The third kappa shape index (κ3) is 4.49. The van der Waals surface area contributed by atoms with E-state index in [9.17, 15) is 22.4 Å². The van der Waals surface area contributed by atoms with Crippen molar-refractivity contribution in [2.45, 2.75) is 19.6 Å². The summed E-state index contributed by atoms with van der Waals surface area (Å²) in [5.74, 6) is -0.723. The molecule has 0 fully saturated rings.